The zero-order chi connectivity index (χ0) is 37.0. The molecule has 0 saturated carbocycles. The van der Waals surface area contributed by atoms with Gasteiger partial charge in [-0.3, -0.25) is 4.99 Å². The van der Waals surface area contributed by atoms with Gasteiger partial charge in [0, 0.05) is 22.3 Å². The molecule has 0 bridgehead atoms. The van der Waals surface area contributed by atoms with E-state index in [-0.39, 0.29) is 5.92 Å². The quantitative estimate of drug-likeness (QED) is 0.175. The molecule has 2 heteroatoms. The molecule has 0 amide bonds. The summed E-state index contributed by atoms with van der Waals surface area (Å²) < 4.78 is 6.77. The van der Waals surface area contributed by atoms with E-state index < -0.39 is 0 Å². The van der Waals surface area contributed by atoms with Crippen molar-refractivity contribution >= 4 is 71.2 Å². The lowest BCUT2D eigenvalue weighted by atomic mass is 9.79. The molecule has 0 N–H and O–H groups in total. The number of allylic oxidation sites excluding steroid dienone is 3. The van der Waals surface area contributed by atoms with E-state index in [2.05, 4.69) is 185 Å². The third-order valence-electron chi connectivity index (χ3n) is 11.9. The third-order valence-corrected chi connectivity index (χ3v) is 11.9. The second-order valence-electron chi connectivity index (χ2n) is 15.0. The number of hydrogen-bond acceptors (Lipinski definition) is 2. The smallest absolute Gasteiger partial charge is 0.136 e. The van der Waals surface area contributed by atoms with Crippen LogP contribution in [-0.4, -0.2) is 5.71 Å². The van der Waals surface area contributed by atoms with Crippen LogP contribution in [0.5, 0.6) is 0 Å². The highest BCUT2D eigenvalue weighted by molar-refractivity contribution is 6.20. The fourth-order valence-corrected chi connectivity index (χ4v) is 8.76. The number of benzene rings is 8. The van der Waals surface area contributed by atoms with Gasteiger partial charge in [0.15, 0.2) is 0 Å². The molecule has 0 spiro atoms. The molecular weight excluding hydrogens is 667 g/mol. The Labute approximate surface area is 321 Å². The van der Waals surface area contributed by atoms with Crippen LogP contribution in [0.3, 0.4) is 0 Å². The molecule has 0 radical (unpaired) electrons. The Hall–Kier alpha value is -6.51. The number of furan rings is 1. The molecule has 10 rings (SSSR count). The van der Waals surface area contributed by atoms with Crippen molar-refractivity contribution in [1.29, 1.82) is 0 Å². The Balaban J connectivity index is 1.21. The molecule has 1 atom stereocenters. The zero-order valence-electron chi connectivity index (χ0n) is 31.4. The highest BCUT2D eigenvalue weighted by Gasteiger charge is 2.27. The minimum absolute atomic E-state index is 0.0478. The first kappa shape index (κ1) is 33.1. The summed E-state index contributed by atoms with van der Waals surface area (Å²) in [4.78, 5) is 5.67. The molecule has 1 unspecified atom stereocenters. The normalized spacial score (nSPS) is 18.9. The SMILES string of the molecule is CC/C1=C(c2ccccc2)\N=C(\c2ccc(-c3ccc4ccccc4c3)cc2)C(C)/C(C)=C(\c2c3ccccc3cc3oc4cc5ccccc5cc4c23)C1. The summed E-state index contributed by atoms with van der Waals surface area (Å²) in [7, 11) is 0. The van der Waals surface area contributed by atoms with E-state index in [1.807, 2.05) is 0 Å². The lowest BCUT2D eigenvalue weighted by Gasteiger charge is -2.27. The fraction of sp³-hybridized carbons (Fsp3) is 0.113. The van der Waals surface area contributed by atoms with E-state index in [1.165, 1.54) is 71.1 Å². The van der Waals surface area contributed by atoms with Crippen LogP contribution in [0.2, 0.25) is 0 Å². The molecule has 9 aromatic rings. The summed E-state index contributed by atoms with van der Waals surface area (Å²) in [5.74, 6) is 0.0478. The van der Waals surface area contributed by atoms with E-state index in [0.717, 1.165) is 51.9 Å². The van der Waals surface area contributed by atoms with Gasteiger partial charge in [-0.2, -0.15) is 0 Å². The van der Waals surface area contributed by atoms with Gasteiger partial charge in [-0.1, -0.05) is 159 Å². The van der Waals surface area contributed by atoms with E-state index in [0.29, 0.717) is 0 Å². The molecule has 0 fully saturated rings. The molecule has 8 aromatic carbocycles. The van der Waals surface area contributed by atoms with Crippen LogP contribution in [0, 0.1) is 5.92 Å². The number of aliphatic imine (C=N–C) groups is 1. The van der Waals surface area contributed by atoms with Gasteiger partial charge in [0.2, 0.25) is 0 Å². The van der Waals surface area contributed by atoms with Crippen molar-refractivity contribution in [3.63, 3.8) is 0 Å². The van der Waals surface area contributed by atoms with Crippen molar-refractivity contribution in [2.45, 2.75) is 33.6 Å². The molecule has 0 aliphatic carbocycles. The molecule has 1 aromatic heterocycles. The van der Waals surface area contributed by atoms with Crippen molar-refractivity contribution in [2.24, 2.45) is 10.9 Å². The fourth-order valence-electron chi connectivity index (χ4n) is 8.76. The first-order valence-electron chi connectivity index (χ1n) is 19.5. The van der Waals surface area contributed by atoms with Crippen LogP contribution >= 0.6 is 0 Å². The summed E-state index contributed by atoms with van der Waals surface area (Å²) in [5, 5.41) is 9.70. The first-order valence-corrected chi connectivity index (χ1v) is 19.5. The first-order chi connectivity index (χ1) is 27.0. The van der Waals surface area contributed by atoms with Gasteiger partial charge < -0.3 is 4.42 Å². The van der Waals surface area contributed by atoms with Crippen LogP contribution < -0.4 is 0 Å². The summed E-state index contributed by atoms with van der Waals surface area (Å²) in [6, 6.07) is 59.3. The molecular formula is C53H41NO. The highest BCUT2D eigenvalue weighted by atomic mass is 16.3. The van der Waals surface area contributed by atoms with Crippen LogP contribution in [-0.2, 0) is 0 Å². The predicted molar refractivity (Wildman–Crippen MR) is 235 cm³/mol. The lowest BCUT2D eigenvalue weighted by Crippen LogP contribution is -2.18. The maximum atomic E-state index is 6.77. The van der Waals surface area contributed by atoms with Crippen molar-refractivity contribution in [3.05, 3.63) is 192 Å². The summed E-state index contributed by atoms with van der Waals surface area (Å²) in [6.07, 6.45) is 1.69. The molecule has 1 aliphatic heterocycles. The number of fused-ring (bicyclic) bond motifs is 6. The Morgan fingerprint density at radius 3 is 1.89 bits per heavy atom. The Bertz CT molecular complexity index is 3050. The molecule has 1 aliphatic rings. The van der Waals surface area contributed by atoms with Gasteiger partial charge in [-0.15, -0.1) is 0 Å². The maximum Gasteiger partial charge on any atom is 0.136 e. The number of nitrogens with zero attached hydrogens (tertiary/aromatic N) is 1. The van der Waals surface area contributed by atoms with Crippen LogP contribution in [0.25, 0.3) is 76.7 Å². The van der Waals surface area contributed by atoms with Crippen molar-refractivity contribution < 1.29 is 4.42 Å². The van der Waals surface area contributed by atoms with Gasteiger partial charge in [-0.25, -0.2) is 0 Å². The van der Waals surface area contributed by atoms with Crippen LogP contribution in [0.15, 0.2) is 184 Å². The average molecular weight is 708 g/mol. The predicted octanol–water partition coefficient (Wildman–Crippen LogP) is 14.8. The highest BCUT2D eigenvalue weighted by Crippen LogP contribution is 2.46. The summed E-state index contributed by atoms with van der Waals surface area (Å²) in [6.45, 7) is 6.96. The topological polar surface area (TPSA) is 25.5 Å². The average Bonchev–Trinajstić information content (AvgIpc) is 3.59. The van der Waals surface area contributed by atoms with Crippen molar-refractivity contribution in [2.75, 3.05) is 0 Å². The minimum atomic E-state index is 0.0478. The Morgan fingerprint density at radius 1 is 0.545 bits per heavy atom. The van der Waals surface area contributed by atoms with Crippen molar-refractivity contribution in [3.8, 4) is 11.1 Å². The second-order valence-corrected chi connectivity index (χ2v) is 15.0. The standard InChI is InChI=1S/C53H41NO/c1-4-35-29-46(50-45-21-13-12-20-44(45)32-49-51(50)47-30-41-18-10-11-19-42(41)31-48(47)55-49)33(2)34(3)52(54-53(35)38-15-6-5-7-16-38)39-25-22-37(23-26-39)43-27-24-36-14-8-9-17-40(36)28-43/h5-28,30-32,34H,4,29H2,1-3H3/b46-33-,53-35+,54-52+. The van der Waals surface area contributed by atoms with Gasteiger partial charge in [0.05, 0.1) is 11.4 Å². The maximum absolute atomic E-state index is 6.77. The van der Waals surface area contributed by atoms with Crippen molar-refractivity contribution in [1.82, 2.24) is 0 Å². The molecule has 2 nitrogen and oxygen atoms in total. The third kappa shape index (κ3) is 5.68. The summed E-state index contributed by atoms with van der Waals surface area (Å²) in [5.41, 5.74) is 14.0. The van der Waals surface area contributed by atoms with Gasteiger partial charge in [-0.05, 0) is 110 Å². The van der Waals surface area contributed by atoms with Gasteiger partial charge in [0.25, 0.3) is 0 Å². The second kappa shape index (κ2) is 13.4. The molecule has 264 valence electrons. The monoisotopic (exact) mass is 707 g/mol. The van der Waals surface area contributed by atoms with E-state index >= 15 is 0 Å². The van der Waals surface area contributed by atoms with E-state index in [4.69, 9.17) is 9.41 Å². The van der Waals surface area contributed by atoms with E-state index in [9.17, 15) is 0 Å². The molecule has 55 heavy (non-hydrogen) atoms. The van der Waals surface area contributed by atoms with Crippen LogP contribution in [0.4, 0.5) is 0 Å². The largest absolute Gasteiger partial charge is 0.456 e. The zero-order valence-corrected chi connectivity index (χ0v) is 31.4. The Kier molecular flexibility index (Phi) is 8.07. The lowest BCUT2D eigenvalue weighted by molar-refractivity contribution is 0.670. The molecule has 0 saturated heterocycles. The summed E-state index contributed by atoms with van der Waals surface area (Å²) >= 11 is 0. The van der Waals surface area contributed by atoms with E-state index in [1.54, 1.807) is 0 Å². The molecule has 2 heterocycles. The van der Waals surface area contributed by atoms with Gasteiger partial charge >= 0.3 is 0 Å². The Morgan fingerprint density at radius 2 is 1.15 bits per heavy atom. The minimum Gasteiger partial charge on any atom is -0.456 e. The van der Waals surface area contributed by atoms with Gasteiger partial charge in [0.1, 0.15) is 11.2 Å². The number of hydrogen-bond donors (Lipinski definition) is 0. The van der Waals surface area contributed by atoms with Crippen LogP contribution in [0.1, 0.15) is 50.3 Å². The number of rotatable bonds is 5.